The number of benzene rings is 2. The minimum Gasteiger partial charge on any atom is -0.406 e. The van der Waals surface area contributed by atoms with Gasteiger partial charge in [0.15, 0.2) is 0 Å². The molecule has 2 heterocycles. The second kappa shape index (κ2) is 7.03. The van der Waals surface area contributed by atoms with Gasteiger partial charge in [0.05, 0.1) is 17.6 Å². The zero-order valence-corrected chi connectivity index (χ0v) is 15.0. The van der Waals surface area contributed by atoms with Crippen LogP contribution in [0.2, 0.25) is 0 Å². The van der Waals surface area contributed by atoms with Crippen LogP contribution in [0.15, 0.2) is 59.7 Å². The van der Waals surface area contributed by atoms with Crippen molar-refractivity contribution in [3.8, 4) is 16.9 Å². The van der Waals surface area contributed by atoms with Crippen LogP contribution in [0.5, 0.6) is 5.75 Å². The third kappa shape index (κ3) is 4.16. The summed E-state index contributed by atoms with van der Waals surface area (Å²) in [5.41, 5.74) is 2.64. The Kier molecular flexibility index (Phi) is 4.54. The summed E-state index contributed by atoms with van der Waals surface area (Å²) in [7, 11) is 1.88. The monoisotopic (exact) mass is 386 g/mol. The van der Waals surface area contributed by atoms with Gasteiger partial charge in [-0.15, -0.1) is 13.2 Å². The van der Waals surface area contributed by atoms with Crippen LogP contribution in [-0.2, 0) is 13.6 Å². The molecule has 8 heteroatoms. The number of aromatic nitrogens is 2. The van der Waals surface area contributed by atoms with E-state index in [4.69, 9.17) is 0 Å². The fourth-order valence-corrected chi connectivity index (χ4v) is 3.09. The molecule has 144 valence electrons. The van der Waals surface area contributed by atoms with Crippen LogP contribution < -0.4 is 15.3 Å². The molecule has 0 radical (unpaired) electrons. The topological polar surface area (TPSA) is 42.6 Å². The Hall–Kier alpha value is -3.29. The van der Waals surface area contributed by atoms with Crippen molar-refractivity contribution in [3.05, 3.63) is 71.0 Å². The summed E-state index contributed by atoms with van der Waals surface area (Å²) in [6, 6.07) is 13.6. The van der Waals surface area contributed by atoms with Gasteiger partial charge in [0.2, 0.25) is 0 Å². The van der Waals surface area contributed by atoms with E-state index in [2.05, 4.69) is 19.7 Å². The second-order valence-electron chi connectivity index (χ2n) is 6.50. The van der Waals surface area contributed by atoms with Crippen LogP contribution in [-0.4, -0.2) is 27.7 Å². The lowest BCUT2D eigenvalue weighted by Crippen LogP contribution is -2.35. The predicted molar refractivity (Wildman–Crippen MR) is 97.4 cm³/mol. The molecule has 5 nitrogen and oxygen atoms in total. The lowest BCUT2D eigenvalue weighted by Gasteiger charge is -2.19. The molecular weight excluding hydrogens is 369 g/mol. The summed E-state index contributed by atoms with van der Waals surface area (Å²) in [6.07, 6.45) is -0.767. The van der Waals surface area contributed by atoms with Crippen LogP contribution in [0.1, 0.15) is 5.69 Å². The Labute approximate surface area is 159 Å². The fraction of sp³-hybridized carbons (Fsp3) is 0.200. The maximum absolute atomic E-state index is 12.3. The van der Waals surface area contributed by atoms with Gasteiger partial charge in [-0.25, -0.2) is 0 Å². The predicted octanol–water partition coefficient (Wildman–Crippen LogP) is 2.82. The Balaban J connectivity index is 1.58. The van der Waals surface area contributed by atoms with E-state index in [-0.39, 0.29) is 5.75 Å². The first kappa shape index (κ1) is 18.1. The first-order valence-electron chi connectivity index (χ1n) is 8.61. The average Bonchev–Trinajstić information content (AvgIpc) is 3.05. The van der Waals surface area contributed by atoms with Crippen molar-refractivity contribution in [3.63, 3.8) is 0 Å². The van der Waals surface area contributed by atoms with Crippen LogP contribution in [0.25, 0.3) is 17.3 Å². The number of fused-ring (bicyclic) bond motifs is 1. The van der Waals surface area contributed by atoms with Crippen molar-refractivity contribution >= 4 is 6.20 Å². The molecule has 0 saturated carbocycles. The molecule has 0 aliphatic carbocycles. The van der Waals surface area contributed by atoms with E-state index in [0.29, 0.717) is 13.2 Å². The van der Waals surface area contributed by atoms with E-state index < -0.39 is 6.36 Å². The molecule has 28 heavy (non-hydrogen) atoms. The fourth-order valence-electron chi connectivity index (χ4n) is 3.09. The van der Waals surface area contributed by atoms with E-state index in [0.717, 1.165) is 27.4 Å². The van der Waals surface area contributed by atoms with E-state index in [9.17, 15) is 13.2 Å². The molecule has 0 amide bonds. The summed E-state index contributed by atoms with van der Waals surface area (Å²) >= 11 is 0. The van der Waals surface area contributed by atoms with Crippen LogP contribution >= 0.6 is 0 Å². The third-order valence-corrected chi connectivity index (χ3v) is 4.33. The summed E-state index contributed by atoms with van der Waals surface area (Å²) in [4.78, 5) is 6.65. The smallest absolute Gasteiger partial charge is 0.406 e. The van der Waals surface area contributed by atoms with Crippen LogP contribution in [0.3, 0.4) is 0 Å². The van der Waals surface area contributed by atoms with Gasteiger partial charge in [-0.1, -0.05) is 18.2 Å². The van der Waals surface area contributed by atoms with Crippen molar-refractivity contribution in [2.75, 3.05) is 6.67 Å². The van der Waals surface area contributed by atoms with Gasteiger partial charge in [0, 0.05) is 24.7 Å². The van der Waals surface area contributed by atoms with E-state index in [1.54, 1.807) is 16.8 Å². The maximum Gasteiger partial charge on any atom is 0.573 e. The largest absolute Gasteiger partial charge is 0.573 e. The summed E-state index contributed by atoms with van der Waals surface area (Å²) in [5, 5.41) is 6.22. The molecule has 0 atom stereocenters. The quantitative estimate of drug-likeness (QED) is 0.693. The lowest BCUT2D eigenvalue weighted by molar-refractivity contribution is -0.274. The number of nitrogens with zero attached hydrogens (tertiary/aromatic N) is 4. The van der Waals surface area contributed by atoms with Crippen molar-refractivity contribution < 1.29 is 17.9 Å². The number of rotatable bonds is 4. The highest BCUT2D eigenvalue weighted by Gasteiger charge is 2.30. The van der Waals surface area contributed by atoms with Gasteiger partial charge in [0.25, 0.3) is 0 Å². The lowest BCUT2D eigenvalue weighted by atomic mass is 10.0. The number of hydrogen-bond acceptors (Lipinski definition) is 4. The number of aryl methyl sites for hydroxylation is 1. The van der Waals surface area contributed by atoms with Gasteiger partial charge >= 0.3 is 6.36 Å². The van der Waals surface area contributed by atoms with Crippen molar-refractivity contribution in [1.29, 1.82) is 0 Å². The SMILES string of the molecule is Cn1ccc(CN2C=c3cc(-c4ccc(OC(F)(F)F)cc4)ccc3=NC2)n1. The normalized spacial score (nSPS) is 13.5. The van der Waals surface area contributed by atoms with E-state index in [1.807, 2.05) is 43.7 Å². The number of ether oxygens (including phenoxy) is 1. The van der Waals surface area contributed by atoms with Crippen LogP contribution in [0, 0.1) is 0 Å². The van der Waals surface area contributed by atoms with Crippen molar-refractivity contribution in [2.45, 2.75) is 12.9 Å². The van der Waals surface area contributed by atoms with Crippen molar-refractivity contribution in [1.82, 2.24) is 14.7 Å². The zero-order valence-electron chi connectivity index (χ0n) is 15.0. The second-order valence-corrected chi connectivity index (χ2v) is 6.50. The Bertz CT molecular complexity index is 1100. The van der Waals surface area contributed by atoms with Gasteiger partial charge in [-0.2, -0.15) is 5.10 Å². The molecule has 0 spiro atoms. The van der Waals surface area contributed by atoms with Crippen molar-refractivity contribution in [2.24, 2.45) is 12.0 Å². The molecule has 0 N–H and O–H groups in total. The molecule has 3 aromatic rings. The standard InChI is InChI=1S/C20H17F3N4O/c1-26-9-8-17(25-26)12-27-11-16-10-15(4-7-19(16)24-13-27)14-2-5-18(6-3-14)28-20(21,22)23/h2-11H,12-13H2,1H3. The summed E-state index contributed by atoms with van der Waals surface area (Å²) < 4.78 is 42.6. The van der Waals surface area contributed by atoms with Gasteiger partial charge in [-0.05, 0) is 41.5 Å². The van der Waals surface area contributed by atoms with Gasteiger partial charge in [0.1, 0.15) is 12.4 Å². The van der Waals surface area contributed by atoms with Gasteiger partial charge < -0.3 is 9.64 Å². The Morgan fingerprint density at radius 1 is 1.04 bits per heavy atom. The summed E-state index contributed by atoms with van der Waals surface area (Å²) in [5.74, 6) is -0.239. The Morgan fingerprint density at radius 2 is 1.79 bits per heavy atom. The molecule has 0 fully saturated rings. The molecule has 1 aromatic heterocycles. The minimum absolute atomic E-state index is 0.239. The highest BCUT2D eigenvalue weighted by Crippen LogP contribution is 2.25. The molecule has 1 aliphatic rings. The highest BCUT2D eigenvalue weighted by atomic mass is 19.4. The highest BCUT2D eigenvalue weighted by molar-refractivity contribution is 5.64. The first-order valence-corrected chi connectivity index (χ1v) is 8.61. The number of halogens is 3. The number of hydrogen-bond donors (Lipinski definition) is 0. The molecule has 0 saturated heterocycles. The van der Waals surface area contributed by atoms with E-state index in [1.165, 1.54) is 12.1 Å². The molecule has 1 aliphatic heterocycles. The van der Waals surface area contributed by atoms with Crippen LogP contribution in [0.4, 0.5) is 13.2 Å². The summed E-state index contributed by atoms with van der Waals surface area (Å²) in [6.45, 7) is 1.20. The van der Waals surface area contributed by atoms with Gasteiger partial charge in [-0.3, -0.25) is 9.67 Å². The molecule has 4 rings (SSSR count). The van der Waals surface area contributed by atoms with E-state index >= 15 is 0 Å². The molecule has 0 bridgehead atoms. The molecular formula is C20H17F3N4O. The zero-order chi connectivity index (χ0) is 19.7. The molecule has 0 unspecified atom stereocenters. The minimum atomic E-state index is -4.69. The Morgan fingerprint density at radius 3 is 2.46 bits per heavy atom. The number of alkyl halides is 3. The third-order valence-electron chi connectivity index (χ3n) is 4.33. The average molecular weight is 386 g/mol. The maximum atomic E-state index is 12.3. The molecule has 2 aromatic carbocycles. The first-order chi connectivity index (χ1) is 13.4.